The van der Waals surface area contributed by atoms with Crippen LogP contribution < -0.4 is 0 Å². The van der Waals surface area contributed by atoms with Gasteiger partial charge >= 0.3 is 5.97 Å². The van der Waals surface area contributed by atoms with Crippen LogP contribution in [0.4, 0.5) is 0 Å². The van der Waals surface area contributed by atoms with E-state index in [2.05, 4.69) is 19.9 Å². The average Bonchev–Trinajstić information content (AvgIpc) is 2.03. The van der Waals surface area contributed by atoms with Crippen molar-refractivity contribution >= 4 is 5.97 Å². The van der Waals surface area contributed by atoms with Gasteiger partial charge in [-0.1, -0.05) is 18.6 Å². The summed E-state index contributed by atoms with van der Waals surface area (Å²) in [6, 6.07) is 0. The van der Waals surface area contributed by atoms with Crippen LogP contribution in [0.25, 0.3) is 0 Å². The predicted octanol–water partition coefficient (Wildman–Crippen LogP) is 2.15. The molecule has 0 aromatic heterocycles. The van der Waals surface area contributed by atoms with Gasteiger partial charge in [0.15, 0.2) is 0 Å². The molecule has 0 saturated carbocycles. The van der Waals surface area contributed by atoms with Crippen molar-refractivity contribution in [2.75, 3.05) is 7.11 Å². The van der Waals surface area contributed by atoms with Crippen LogP contribution in [0.3, 0.4) is 0 Å². The molecule has 0 fully saturated rings. The first kappa shape index (κ1) is 9.30. The molecule has 2 atom stereocenters. The summed E-state index contributed by atoms with van der Waals surface area (Å²) in [7, 11) is 1.46. The van der Waals surface area contributed by atoms with E-state index in [1.165, 1.54) is 12.7 Å². The van der Waals surface area contributed by atoms with E-state index in [4.69, 9.17) is 4.74 Å². The minimum absolute atomic E-state index is 0.0637. The quantitative estimate of drug-likeness (QED) is 0.443. The molecule has 0 spiro atoms. The molecule has 0 amide bonds. The zero-order valence-electron chi connectivity index (χ0n) is 7.96. The highest BCUT2D eigenvalue weighted by molar-refractivity contribution is 5.73. The van der Waals surface area contributed by atoms with Crippen LogP contribution in [-0.4, -0.2) is 13.1 Å². The average molecular weight is 168 g/mol. The summed E-state index contributed by atoms with van der Waals surface area (Å²) in [5.74, 6) is 0.358. The Balaban J connectivity index is 2.64. The summed E-state index contributed by atoms with van der Waals surface area (Å²) in [5.41, 5.74) is 1.39. The normalized spacial score (nSPS) is 29.4. The van der Waals surface area contributed by atoms with E-state index >= 15 is 0 Å². The SMILES string of the molecule is COC(=O)[C@@H]1CCC(C)=C[C@@H]1C. The Kier molecular flexibility index (Phi) is 2.90. The Hall–Kier alpha value is -0.790. The van der Waals surface area contributed by atoms with Crippen LogP contribution in [0.15, 0.2) is 11.6 Å². The molecule has 0 N–H and O–H groups in total. The number of hydrogen-bond donors (Lipinski definition) is 0. The third-order valence-corrected chi connectivity index (χ3v) is 2.54. The lowest BCUT2D eigenvalue weighted by Crippen LogP contribution is -2.24. The van der Waals surface area contributed by atoms with Gasteiger partial charge in [0.1, 0.15) is 0 Å². The first-order valence-corrected chi connectivity index (χ1v) is 4.40. The second-order valence-electron chi connectivity index (χ2n) is 3.54. The molecule has 12 heavy (non-hydrogen) atoms. The summed E-state index contributed by atoms with van der Waals surface area (Å²) in [6.07, 6.45) is 4.14. The lowest BCUT2D eigenvalue weighted by molar-refractivity contribution is -0.147. The highest BCUT2D eigenvalue weighted by Crippen LogP contribution is 2.28. The van der Waals surface area contributed by atoms with Crippen molar-refractivity contribution in [2.24, 2.45) is 11.8 Å². The number of methoxy groups -OCH3 is 1. The fraction of sp³-hybridized carbons (Fsp3) is 0.700. The molecule has 0 aromatic carbocycles. The van der Waals surface area contributed by atoms with Crippen LogP contribution in [0.2, 0.25) is 0 Å². The van der Waals surface area contributed by atoms with Crippen molar-refractivity contribution in [1.29, 1.82) is 0 Å². The highest BCUT2D eigenvalue weighted by Gasteiger charge is 2.26. The molecular weight excluding hydrogens is 152 g/mol. The highest BCUT2D eigenvalue weighted by atomic mass is 16.5. The topological polar surface area (TPSA) is 26.3 Å². The molecule has 1 aliphatic carbocycles. The molecule has 2 heteroatoms. The van der Waals surface area contributed by atoms with Crippen molar-refractivity contribution in [1.82, 2.24) is 0 Å². The molecule has 0 aliphatic heterocycles. The number of rotatable bonds is 1. The van der Waals surface area contributed by atoms with E-state index in [-0.39, 0.29) is 11.9 Å². The number of ether oxygens (including phenoxy) is 1. The third kappa shape index (κ3) is 1.87. The standard InChI is InChI=1S/C10H16O2/c1-7-4-5-9(8(2)6-7)10(11)12-3/h6,8-9H,4-5H2,1-3H3/t8-,9+/m0/s1. The Bertz CT molecular complexity index is 206. The van der Waals surface area contributed by atoms with Crippen molar-refractivity contribution in [3.8, 4) is 0 Å². The number of hydrogen-bond acceptors (Lipinski definition) is 2. The maximum absolute atomic E-state index is 11.2. The lowest BCUT2D eigenvalue weighted by atomic mass is 9.82. The maximum atomic E-state index is 11.2. The van der Waals surface area contributed by atoms with Gasteiger partial charge in [-0.05, 0) is 25.7 Å². The van der Waals surface area contributed by atoms with E-state index < -0.39 is 0 Å². The Labute approximate surface area is 73.6 Å². The van der Waals surface area contributed by atoms with E-state index in [1.54, 1.807) is 0 Å². The summed E-state index contributed by atoms with van der Waals surface area (Å²) >= 11 is 0. The number of allylic oxidation sites excluding steroid dienone is 2. The van der Waals surface area contributed by atoms with Gasteiger partial charge in [0.2, 0.25) is 0 Å². The zero-order chi connectivity index (χ0) is 9.14. The minimum atomic E-state index is -0.0637. The Morgan fingerprint density at radius 3 is 2.83 bits per heavy atom. The van der Waals surface area contributed by atoms with Gasteiger partial charge in [0.05, 0.1) is 13.0 Å². The Morgan fingerprint density at radius 2 is 2.33 bits per heavy atom. The smallest absolute Gasteiger partial charge is 0.309 e. The largest absolute Gasteiger partial charge is 0.469 e. The Morgan fingerprint density at radius 1 is 1.67 bits per heavy atom. The van der Waals surface area contributed by atoms with Crippen LogP contribution in [0.1, 0.15) is 26.7 Å². The van der Waals surface area contributed by atoms with Crippen LogP contribution in [0, 0.1) is 11.8 Å². The molecule has 0 bridgehead atoms. The third-order valence-electron chi connectivity index (χ3n) is 2.54. The van der Waals surface area contributed by atoms with Gasteiger partial charge in [-0.15, -0.1) is 0 Å². The molecule has 68 valence electrons. The molecule has 0 aromatic rings. The fourth-order valence-electron chi connectivity index (χ4n) is 1.78. The van der Waals surface area contributed by atoms with Crippen molar-refractivity contribution in [3.05, 3.63) is 11.6 Å². The maximum Gasteiger partial charge on any atom is 0.309 e. The van der Waals surface area contributed by atoms with Crippen molar-refractivity contribution in [3.63, 3.8) is 0 Å². The first-order chi connectivity index (χ1) is 5.65. The fourth-order valence-corrected chi connectivity index (χ4v) is 1.78. The monoisotopic (exact) mass is 168 g/mol. The van der Waals surface area contributed by atoms with E-state index in [0.717, 1.165) is 12.8 Å². The van der Waals surface area contributed by atoms with Crippen LogP contribution in [0.5, 0.6) is 0 Å². The van der Waals surface area contributed by atoms with Gasteiger partial charge in [-0.2, -0.15) is 0 Å². The summed E-state index contributed by atoms with van der Waals surface area (Å²) in [5, 5.41) is 0. The second kappa shape index (κ2) is 3.74. The summed E-state index contributed by atoms with van der Waals surface area (Å²) in [6.45, 7) is 4.19. The number of esters is 1. The van der Waals surface area contributed by atoms with Gasteiger partial charge in [-0.3, -0.25) is 4.79 Å². The molecule has 2 nitrogen and oxygen atoms in total. The molecule has 0 unspecified atom stereocenters. The molecule has 1 rings (SSSR count). The van der Waals surface area contributed by atoms with Gasteiger partial charge in [0.25, 0.3) is 0 Å². The molecule has 0 saturated heterocycles. The zero-order valence-corrected chi connectivity index (χ0v) is 7.96. The predicted molar refractivity (Wildman–Crippen MR) is 47.7 cm³/mol. The van der Waals surface area contributed by atoms with Gasteiger partial charge in [0, 0.05) is 0 Å². The van der Waals surface area contributed by atoms with Gasteiger partial charge < -0.3 is 4.74 Å². The minimum Gasteiger partial charge on any atom is -0.469 e. The second-order valence-corrected chi connectivity index (χ2v) is 3.54. The van der Waals surface area contributed by atoms with E-state index in [9.17, 15) is 4.79 Å². The summed E-state index contributed by atoms with van der Waals surface area (Å²) < 4.78 is 4.73. The lowest BCUT2D eigenvalue weighted by Gasteiger charge is -2.24. The first-order valence-electron chi connectivity index (χ1n) is 4.40. The molecular formula is C10H16O2. The molecule has 0 heterocycles. The van der Waals surface area contributed by atoms with Crippen molar-refractivity contribution < 1.29 is 9.53 Å². The molecule has 0 radical (unpaired) electrons. The van der Waals surface area contributed by atoms with E-state index in [1.807, 2.05) is 0 Å². The van der Waals surface area contributed by atoms with Gasteiger partial charge in [-0.25, -0.2) is 0 Å². The number of carbonyl (C=O) groups excluding carboxylic acids is 1. The van der Waals surface area contributed by atoms with Crippen LogP contribution >= 0.6 is 0 Å². The van der Waals surface area contributed by atoms with Crippen LogP contribution in [-0.2, 0) is 9.53 Å². The summed E-state index contributed by atoms with van der Waals surface area (Å²) in [4.78, 5) is 11.2. The molecule has 1 aliphatic rings. The number of carbonyl (C=O) groups is 1. The van der Waals surface area contributed by atoms with Crippen molar-refractivity contribution in [2.45, 2.75) is 26.7 Å². The van der Waals surface area contributed by atoms with E-state index in [0.29, 0.717) is 5.92 Å².